The summed E-state index contributed by atoms with van der Waals surface area (Å²) in [6.07, 6.45) is 2.71. The Morgan fingerprint density at radius 3 is 2.27 bits per heavy atom. The number of amides is 2. The van der Waals surface area contributed by atoms with Gasteiger partial charge in [-0.3, -0.25) is 9.59 Å². The van der Waals surface area contributed by atoms with Gasteiger partial charge in [-0.1, -0.05) is 18.2 Å². The van der Waals surface area contributed by atoms with E-state index in [0.29, 0.717) is 35.6 Å². The van der Waals surface area contributed by atoms with Crippen molar-refractivity contribution in [1.82, 2.24) is 19.0 Å². The van der Waals surface area contributed by atoms with E-state index in [-0.39, 0.29) is 48.4 Å². The van der Waals surface area contributed by atoms with Gasteiger partial charge >= 0.3 is 29.6 Å². The molecule has 12 nitrogen and oxygen atoms in total. The maximum Gasteiger partial charge on any atom is 1.00 e. The summed E-state index contributed by atoms with van der Waals surface area (Å²) < 4.78 is 52.8. The number of carbonyl (C=O) groups is 2. The van der Waals surface area contributed by atoms with Crippen LogP contribution < -0.4 is 44.9 Å². The van der Waals surface area contributed by atoms with Crippen molar-refractivity contribution in [2.24, 2.45) is 0 Å². The summed E-state index contributed by atoms with van der Waals surface area (Å²) in [4.78, 5) is 32.0. The van der Waals surface area contributed by atoms with Crippen molar-refractivity contribution >= 4 is 55.0 Å². The van der Waals surface area contributed by atoms with Crippen molar-refractivity contribution < 1.29 is 57.4 Å². The molecule has 1 saturated carbocycles. The molecule has 208 valence electrons. The van der Waals surface area contributed by atoms with Gasteiger partial charge in [0, 0.05) is 37.0 Å². The van der Waals surface area contributed by atoms with E-state index in [1.807, 2.05) is 4.72 Å². The molecule has 0 bridgehead atoms. The minimum Gasteiger partial charge on any atom is -1.00 e. The van der Waals surface area contributed by atoms with Crippen LogP contribution in [0.4, 0.5) is 23.1 Å². The Balaban J connectivity index is 0.00000294. The van der Waals surface area contributed by atoms with Gasteiger partial charge in [0.2, 0.25) is 27.8 Å². The monoisotopic (exact) mass is 596 g/mol. The summed E-state index contributed by atoms with van der Waals surface area (Å²) in [6.45, 7) is 4.08. The predicted octanol–water partition coefficient (Wildman–Crippen LogP) is 0.0542. The van der Waals surface area contributed by atoms with Crippen molar-refractivity contribution in [3.05, 3.63) is 65.9 Å². The minimum absolute atomic E-state index is 0. The Hall–Kier alpha value is -3.04. The van der Waals surface area contributed by atoms with Gasteiger partial charge in [0.05, 0.1) is 16.7 Å². The normalized spacial score (nSPS) is 13.1. The van der Waals surface area contributed by atoms with Gasteiger partial charge in [-0.15, -0.1) is 0 Å². The van der Waals surface area contributed by atoms with Gasteiger partial charge in [0.15, 0.2) is 0 Å². The molecule has 0 radical (unpaired) electrons. The number of anilines is 4. The fourth-order valence-electron chi connectivity index (χ4n) is 3.72. The Kier molecular flexibility index (Phi) is 9.95. The van der Waals surface area contributed by atoms with E-state index < -0.39 is 37.1 Å². The van der Waals surface area contributed by atoms with E-state index in [0.717, 1.165) is 16.8 Å². The molecule has 1 aromatic heterocycles. The number of hydrogen-bond donors (Lipinski definition) is 3. The van der Waals surface area contributed by atoms with Crippen molar-refractivity contribution in [3.63, 3.8) is 0 Å². The minimum atomic E-state index is -4.01. The summed E-state index contributed by atoms with van der Waals surface area (Å²) in [5.41, 5.74) is 2.35. The summed E-state index contributed by atoms with van der Waals surface area (Å²) in [7, 11) is -7.70. The van der Waals surface area contributed by atoms with Gasteiger partial charge in [0.1, 0.15) is 5.82 Å². The van der Waals surface area contributed by atoms with Crippen LogP contribution in [0.1, 0.15) is 39.2 Å². The zero-order valence-electron chi connectivity index (χ0n) is 23.5. The molecular formula is C25H29N6NaO6S2. The molecule has 40 heavy (non-hydrogen) atoms. The molecule has 0 saturated heterocycles. The van der Waals surface area contributed by atoms with Crippen LogP contribution in [-0.4, -0.2) is 48.2 Å². The Bertz CT molecular complexity index is 1650. The topological polar surface area (TPSA) is 168 Å². The molecule has 1 fully saturated rings. The molecule has 0 spiro atoms. The molecule has 0 aliphatic heterocycles. The molecule has 1 aliphatic carbocycles. The molecular weight excluding hydrogens is 567 g/mol. The third-order valence-electron chi connectivity index (χ3n) is 5.77. The molecule has 1 aliphatic rings. The third-order valence-corrected chi connectivity index (χ3v) is 9.52. The van der Waals surface area contributed by atoms with Gasteiger partial charge in [-0.2, -0.15) is 4.98 Å². The third kappa shape index (κ3) is 7.79. The van der Waals surface area contributed by atoms with Crippen molar-refractivity contribution in [2.45, 2.75) is 50.3 Å². The summed E-state index contributed by atoms with van der Waals surface area (Å²) in [6, 6.07) is 12.9. The largest absolute Gasteiger partial charge is 1.00 e. The SMILES string of the molecule is CC(=O)NS(=O)(=O)c1cccc(Nc2ncc(C)c(Nc3cccc(CN(C(C)=O)S(=O)(=O)C4CC4)c3)n2)c1.[H-].[Na+]. The second kappa shape index (κ2) is 12.6. The number of rotatable bonds is 10. The maximum atomic E-state index is 12.7. The molecule has 1 heterocycles. The molecule has 0 unspecified atom stereocenters. The number of aromatic nitrogens is 2. The Labute approximate surface area is 256 Å². The van der Waals surface area contributed by atoms with Crippen LogP contribution in [0.25, 0.3) is 0 Å². The van der Waals surface area contributed by atoms with Crippen LogP contribution in [0.5, 0.6) is 0 Å². The van der Waals surface area contributed by atoms with E-state index in [9.17, 15) is 26.4 Å². The summed E-state index contributed by atoms with van der Waals surface area (Å²) >= 11 is 0. The molecule has 4 rings (SSSR count). The Morgan fingerprint density at radius 1 is 1.00 bits per heavy atom. The van der Waals surface area contributed by atoms with E-state index in [1.54, 1.807) is 43.5 Å². The first kappa shape index (κ1) is 31.5. The van der Waals surface area contributed by atoms with Crippen LogP contribution in [0.2, 0.25) is 0 Å². The first-order valence-electron chi connectivity index (χ1n) is 12.0. The second-order valence-electron chi connectivity index (χ2n) is 9.14. The number of nitrogens with zero attached hydrogens (tertiary/aromatic N) is 3. The van der Waals surface area contributed by atoms with E-state index in [4.69, 9.17) is 0 Å². The van der Waals surface area contributed by atoms with Crippen molar-refractivity contribution in [1.29, 1.82) is 0 Å². The van der Waals surface area contributed by atoms with Gasteiger partial charge in [0.25, 0.3) is 10.0 Å². The number of benzene rings is 2. The number of sulfonamides is 2. The van der Waals surface area contributed by atoms with Crippen LogP contribution >= 0.6 is 0 Å². The molecule has 2 aromatic carbocycles. The van der Waals surface area contributed by atoms with Crippen LogP contribution in [-0.2, 0) is 36.2 Å². The molecule has 3 aromatic rings. The average Bonchev–Trinajstić information content (AvgIpc) is 3.70. The van der Waals surface area contributed by atoms with Gasteiger partial charge in [-0.25, -0.2) is 30.8 Å². The number of hydrogen-bond acceptors (Lipinski definition) is 10. The van der Waals surface area contributed by atoms with Crippen molar-refractivity contribution in [3.8, 4) is 0 Å². The predicted molar refractivity (Wildman–Crippen MR) is 146 cm³/mol. The van der Waals surface area contributed by atoms with Crippen LogP contribution in [0, 0.1) is 6.92 Å². The van der Waals surface area contributed by atoms with Crippen molar-refractivity contribution in [2.75, 3.05) is 10.6 Å². The van der Waals surface area contributed by atoms with Crippen LogP contribution in [0.15, 0.2) is 59.6 Å². The fraction of sp³-hybridized carbons (Fsp3) is 0.280. The van der Waals surface area contributed by atoms with Crippen LogP contribution in [0.3, 0.4) is 0 Å². The van der Waals surface area contributed by atoms with Gasteiger partial charge < -0.3 is 12.1 Å². The Morgan fingerprint density at radius 2 is 1.65 bits per heavy atom. The number of carbonyl (C=O) groups excluding carboxylic acids is 2. The van der Waals surface area contributed by atoms with Gasteiger partial charge in [-0.05, 0) is 55.7 Å². The van der Waals surface area contributed by atoms with E-state index in [1.165, 1.54) is 25.1 Å². The van der Waals surface area contributed by atoms with E-state index >= 15 is 0 Å². The molecule has 3 N–H and O–H groups in total. The van der Waals surface area contributed by atoms with E-state index in [2.05, 4.69) is 20.6 Å². The first-order valence-corrected chi connectivity index (χ1v) is 15.0. The zero-order chi connectivity index (χ0) is 28.4. The zero-order valence-corrected chi connectivity index (χ0v) is 26.1. The number of nitrogens with one attached hydrogen (secondary N) is 3. The standard InChI is InChI=1S/C25H28N6O6S2.Na.H/c1-16-14-26-25(28-21-8-5-9-23(13-21)38(34,35)30-17(2)32)29-24(16)27-20-7-4-6-19(12-20)15-31(18(3)33)39(36,37)22-10-11-22;;/h4-9,12-14,22H,10-11,15H2,1-3H3,(H,30,32)(H2,26,27,28,29);;/q;+1;-1. The average molecular weight is 597 g/mol. The quantitative estimate of drug-likeness (QED) is 0.272. The smallest absolute Gasteiger partial charge is 1.00 e. The molecule has 15 heteroatoms. The number of aryl methyl sites for hydroxylation is 1. The molecule has 2 amide bonds. The fourth-order valence-corrected chi connectivity index (χ4v) is 6.54. The summed E-state index contributed by atoms with van der Waals surface area (Å²) in [5, 5.41) is 5.64. The molecule has 0 atom stereocenters. The first-order chi connectivity index (χ1) is 18.3. The summed E-state index contributed by atoms with van der Waals surface area (Å²) in [5.74, 6) is -0.586. The maximum absolute atomic E-state index is 12.7. The second-order valence-corrected chi connectivity index (χ2v) is 13.0.